The lowest BCUT2D eigenvalue weighted by Gasteiger charge is -2.12. The molecule has 0 aliphatic rings. The van der Waals surface area contributed by atoms with Crippen molar-refractivity contribution < 1.29 is 0 Å². The van der Waals surface area contributed by atoms with E-state index in [1.807, 2.05) is 60.7 Å². The third kappa shape index (κ3) is 5.07. The summed E-state index contributed by atoms with van der Waals surface area (Å²) in [5, 5.41) is 7.35. The van der Waals surface area contributed by atoms with Crippen LogP contribution in [-0.4, -0.2) is 24.1 Å². The average Bonchev–Trinajstić information content (AvgIpc) is 3.82. The summed E-state index contributed by atoms with van der Waals surface area (Å²) >= 11 is 0. The third-order valence-electron chi connectivity index (χ3n) is 11.5. The molecule has 0 atom stereocenters. The molecule has 0 radical (unpaired) electrons. The molecule has 0 bridgehead atoms. The largest absolute Gasteiger partial charge is 0.309 e. The molecule has 3 heterocycles. The van der Waals surface area contributed by atoms with Crippen molar-refractivity contribution in [3.63, 3.8) is 0 Å². The normalized spacial score (nSPS) is 11.8. The monoisotopic (exact) mass is 739 g/mol. The van der Waals surface area contributed by atoms with E-state index in [1.165, 1.54) is 43.7 Å². The SMILES string of the molecule is c1ccc(-c2ccc(-n3c4cccc5ccc6cc(-c7ccc8c(c7)c7ccccc7n8-c7nc(-c8ccccc8)nc(-c8ccccc8)n7)cc3c6c54)cc2)cc1. The third-order valence-corrected chi connectivity index (χ3v) is 11.5. The molecule has 9 aromatic carbocycles. The molecule has 270 valence electrons. The lowest BCUT2D eigenvalue weighted by molar-refractivity contribution is 0.953. The van der Waals surface area contributed by atoms with Crippen molar-refractivity contribution in [3.05, 3.63) is 200 Å². The number of hydrogen-bond acceptors (Lipinski definition) is 3. The van der Waals surface area contributed by atoms with Crippen LogP contribution in [0, 0.1) is 0 Å². The quantitative estimate of drug-likeness (QED) is 0.160. The summed E-state index contributed by atoms with van der Waals surface area (Å²) < 4.78 is 4.62. The van der Waals surface area contributed by atoms with Crippen LogP contribution in [0.5, 0.6) is 0 Å². The van der Waals surface area contributed by atoms with E-state index in [0.717, 1.165) is 49.7 Å². The number of hydrogen-bond donors (Lipinski definition) is 0. The van der Waals surface area contributed by atoms with Crippen LogP contribution in [0.1, 0.15) is 0 Å². The molecule has 0 unspecified atom stereocenters. The zero-order valence-electron chi connectivity index (χ0n) is 31.3. The summed E-state index contributed by atoms with van der Waals surface area (Å²) in [6, 6.07) is 71.1. The fourth-order valence-corrected chi connectivity index (χ4v) is 8.84. The molecule has 0 amide bonds. The number of fused-ring (bicyclic) bond motifs is 3. The van der Waals surface area contributed by atoms with Gasteiger partial charge in [-0.3, -0.25) is 4.57 Å². The van der Waals surface area contributed by atoms with E-state index >= 15 is 0 Å². The number of aromatic nitrogens is 5. The van der Waals surface area contributed by atoms with E-state index in [1.54, 1.807) is 0 Å². The van der Waals surface area contributed by atoms with Gasteiger partial charge in [0.15, 0.2) is 11.6 Å². The first-order valence-corrected chi connectivity index (χ1v) is 19.6. The Labute approximate surface area is 334 Å². The van der Waals surface area contributed by atoms with Crippen molar-refractivity contribution in [1.29, 1.82) is 0 Å². The van der Waals surface area contributed by atoms with Gasteiger partial charge in [0.1, 0.15) is 0 Å². The Morgan fingerprint density at radius 1 is 0.293 bits per heavy atom. The molecule has 0 saturated carbocycles. The van der Waals surface area contributed by atoms with Crippen LogP contribution in [-0.2, 0) is 0 Å². The highest BCUT2D eigenvalue weighted by Gasteiger charge is 2.21. The van der Waals surface area contributed by atoms with Crippen LogP contribution in [0.4, 0.5) is 0 Å². The first-order valence-electron chi connectivity index (χ1n) is 19.6. The minimum Gasteiger partial charge on any atom is -0.309 e. The van der Waals surface area contributed by atoms with Crippen LogP contribution in [0.25, 0.3) is 111 Å². The molecule has 0 N–H and O–H groups in total. The van der Waals surface area contributed by atoms with E-state index in [-0.39, 0.29) is 0 Å². The minimum atomic E-state index is 0.584. The van der Waals surface area contributed by atoms with E-state index < -0.39 is 0 Å². The summed E-state index contributed by atoms with van der Waals surface area (Å²) in [4.78, 5) is 15.2. The van der Waals surface area contributed by atoms with Crippen LogP contribution in [0.15, 0.2) is 200 Å². The highest BCUT2D eigenvalue weighted by atomic mass is 15.2. The second-order valence-corrected chi connectivity index (χ2v) is 14.9. The molecule has 58 heavy (non-hydrogen) atoms. The fraction of sp³-hybridized carbons (Fsp3) is 0. The topological polar surface area (TPSA) is 48.5 Å². The second-order valence-electron chi connectivity index (χ2n) is 14.9. The summed E-state index contributed by atoms with van der Waals surface area (Å²) in [6.45, 7) is 0. The summed E-state index contributed by atoms with van der Waals surface area (Å²) in [6.07, 6.45) is 0. The van der Waals surface area contributed by atoms with E-state index in [0.29, 0.717) is 17.6 Å². The predicted octanol–water partition coefficient (Wildman–Crippen LogP) is 13.3. The molecule has 0 aliphatic carbocycles. The molecule has 12 rings (SSSR count). The lowest BCUT2D eigenvalue weighted by Crippen LogP contribution is -2.06. The zero-order chi connectivity index (χ0) is 38.2. The van der Waals surface area contributed by atoms with Gasteiger partial charge in [0.2, 0.25) is 5.95 Å². The number of para-hydroxylation sites is 1. The zero-order valence-corrected chi connectivity index (χ0v) is 31.3. The standard InChI is InChI=1S/C53H33N5/c1-4-13-34(14-5-1)35-25-28-42(29-26-35)57-47-22-12-19-36-23-24-40-31-41(33-48(57)50(40)49(36)47)39-27-30-46-44(32-39)43-20-10-11-21-45(43)58(46)53-55-51(37-15-6-2-7-16-37)54-52(56-53)38-17-8-3-9-18-38/h1-33H. The maximum Gasteiger partial charge on any atom is 0.238 e. The van der Waals surface area contributed by atoms with Crippen molar-refractivity contribution in [2.24, 2.45) is 0 Å². The van der Waals surface area contributed by atoms with Crippen molar-refractivity contribution in [2.45, 2.75) is 0 Å². The molecule has 0 aliphatic heterocycles. The summed E-state index contributed by atoms with van der Waals surface area (Å²) in [7, 11) is 0. The van der Waals surface area contributed by atoms with Gasteiger partial charge in [0.25, 0.3) is 0 Å². The van der Waals surface area contributed by atoms with Gasteiger partial charge in [0, 0.05) is 38.4 Å². The smallest absolute Gasteiger partial charge is 0.238 e. The van der Waals surface area contributed by atoms with Gasteiger partial charge < -0.3 is 4.57 Å². The Bertz CT molecular complexity index is 3420. The van der Waals surface area contributed by atoms with Crippen molar-refractivity contribution in [2.75, 3.05) is 0 Å². The molecule has 12 aromatic rings. The molecule has 5 heteroatoms. The van der Waals surface area contributed by atoms with Gasteiger partial charge in [-0.15, -0.1) is 0 Å². The molecule has 5 nitrogen and oxygen atoms in total. The predicted molar refractivity (Wildman–Crippen MR) is 239 cm³/mol. The summed E-state index contributed by atoms with van der Waals surface area (Å²) in [5.74, 6) is 1.85. The van der Waals surface area contributed by atoms with Crippen molar-refractivity contribution in [3.8, 4) is 56.7 Å². The number of rotatable bonds is 6. The van der Waals surface area contributed by atoms with Crippen molar-refractivity contribution in [1.82, 2.24) is 24.1 Å². The minimum absolute atomic E-state index is 0.584. The number of nitrogens with zero attached hydrogens (tertiary/aromatic N) is 5. The van der Waals surface area contributed by atoms with Crippen LogP contribution in [0.3, 0.4) is 0 Å². The molecule has 0 fully saturated rings. The van der Waals surface area contributed by atoms with E-state index in [2.05, 4.69) is 149 Å². The van der Waals surface area contributed by atoms with Gasteiger partial charge in [0.05, 0.1) is 22.1 Å². The Balaban J connectivity index is 1.05. The van der Waals surface area contributed by atoms with Gasteiger partial charge in [-0.25, -0.2) is 4.98 Å². The number of benzene rings is 9. The molecule has 0 spiro atoms. The van der Waals surface area contributed by atoms with Crippen LogP contribution in [0.2, 0.25) is 0 Å². The van der Waals surface area contributed by atoms with Crippen LogP contribution >= 0.6 is 0 Å². The maximum absolute atomic E-state index is 5.13. The van der Waals surface area contributed by atoms with Gasteiger partial charge in [-0.2, -0.15) is 9.97 Å². The first kappa shape index (κ1) is 32.4. The first-order chi connectivity index (χ1) is 28.7. The van der Waals surface area contributed by atoms with Crippen LogP contribution < -0.4 is 0 Å². The highest BCUT2D eigenvalue weighted by Crippen LogP contribution is 2.42. The van der Waals surface area contributed by atoms with E-state index in [9.17, 15) is 0 Å². The Hall–Kier alpha value is -7.89. The Morgan fingerprint density at radius 3 is 1.59 bits per heavy atom. The molecule has 3 aromatic heterocycles. The van der Waals surface area contributed by atoms with Gasteiger partial charge >= 0.3 is 0 Å². The fourth-order valence-electron chi connectivity index (χ4n) is 8.84. The molecule has 0 saturated heterocycles. The Morgan fingerprint density at radius 2 is 0.862 bits per heavy atom. The van der Waals surface area contributed by atoms with Crippen molar-refractivity contribution >= 4 is 54.4 Å². The van der Waals surface area contributed by atoms with E-state index in [4.69, 9.17) is 15.0 Å². The van der Waals surface area contributed by atoms with Gasteiger partial charge in [-0.05, 0) is 81.6 Å². The second kappa shape index (κ2) is 12.8. The van der Waals surface area contributed by atoms with Gasteiger partial charge in [-0.1, -0.05) is 152 Å². The summed E-state index contributed by atoms with van der Waals surface area (Å²) in [5.41, 5.74) is 12.2. The molecular weight excluding hydrogens is 707 g/mol. The highest BCUT2D eigenvalue weighted by molar-refractivity contribution is 6.25. The lowest BCUT2D eigenvalue weighted by atomic mass is 9.96. The average molecular weight is 740 g/mol. The Kier molecular flexibility index (Phi) is 7.16. The maximum atomic E-state index is 5.13. The molecular formula is C53H33N5.